The molecule has 0 fully saturated rings. The second kappa shape index (κ2) is 7.36. The van der Waals surface area contributed by atoms with E-state index in [1.54, 1.807) is 18.3 Å². The van der Waals surface area contributed by atoms with Gasteiger partial charge in [0.2, 0.25) is 5.91 Å². The van der Waals surface area contributed by atoms with Crippen LogP contribution in [0.4, 0.5) is 0 Å². The summed E-state index contributed by atoms with van der Waals surface area (Å²) in [4.78, 5) is 26.4. The van der Waals surface area contributed by atoms with Crippen molar-refractivity contribution in [1.82, 2.24) is 15.8 Å². The van der Waals surface area contributed by atoms with E-state index in [9.17, 15) is 9.59 Å². The Bertz CT molecular complexity index is 397. The third kappa shape index (κ3) is 4.89. The highest BCUT2D eigenvalue weighted by Crippen LogP contribution is 1.97. The Morgan fingerprint density at radius 2 is 2.22 bits per heavy atom. The molecule has 1 rings (SSSR count). The molecule has 0 aliphatic rings. The van der Waals surface area contributed by atoms with Crippen molar-refractivity contribution in [1.29, 1.82) is 0 Å². The number of nitrogens with two attached hydrogens (primary N) is 1. The number of pyridine rings is 1. The quantitative estimate of drug-likeness (QED) is 0.395. The van der Waals surface area contributed by atoms with Gasteiger partial charge in [-0.2, -0.15) is 0 Å². The molecule has 1 aromatic rings. The van der Waals surface area contributed by atoms with E-state index in [2.05, 4.69) is 10.3 Å². The van der Waals surface area contributed by atoms with Gasteiger partial charge in [-0.15, -0.1) is 0 Å². The second-order valence-electron chi connectivity index (χ2n) is 3.72. The predicted octanol–water partition coefficient (Wildman–Crippen LogP) is -0.689. The van der Waals surface area contributed by atoms with Gasteiger partial charge in [-0.05, 0) is 18.6 Å². The monoisotopic (exact) mass is 252 g/mol. The van der Waals surface area contributed by atoms with E-state index in [4.69, 9.17) is 10.9 Å². The number of carbonyl (C=O) groups is 2. The topological polar surface area (TPSA) is 117 Å². The van der Waals surface area contributed by atoms with E-state index in [1.807, 2.05) is 6.07 Å². The summed E-state index contributed by atoms with van der Waals surface area (Å²) in [5, 5.41) is 11.0. The maximum atomic E-state index is 11.4. The van der Waals surface area contributed by atoms with Gasteiger partial charge in [-0.1, -0.05) is 6.07 Å². The number of nitrogens with one attached hydrogen (secondary N) is 2. The van der Waals surface area contributed by atoms with Crippen molar-refractivity contribution in [2.45, 2.75) is 25.4 Å². The number of amides is 2. The lowest BCUT2D eigenvalue weighted by Gasteiger charge is -2.09. The van der Waals surface area contributed by atoms with Crippen molar-refractivity contribution < 1.29 is 14.8 Å². The van der Waals surface area contributed by atoms with Crippen LogP contribution in [-0.2, 0) is 16.1 Å². The summed E-state index contributed by atoms with van der Waals surface area (Å²) >= 11 is 0. The van der Waals surface area contributed by atoms with Crippen LogP contribution in [0.15, 0.2) is 24.4 Å². The van der Waals surface area contributed by atoms with Crippen LogP contribution in [0, 0.1) is 0 Å². The Morgan fingerprint density at radius 3 is 2.83 bits per heavy atom. The van der Waals surface area contributed by atoms with Crippen molar-refractivity contribution in [2.24, 2.45) is 5.73 Å². The Morgan fingerprint density at radius 1 is 1.44 bits per heavy atom. The molecule has 0 aliphatic carbocycles. The summed E-state index contributed by atoms with van der Waals surface area (Å²) in [7, 11) is 0. The van der Waals surface area contributed by atoms with E-state index >= 15 is 0 Å². The number of nitrogens with zero attached hydrogens (tertiary/aromatic N) is 1. The minimum absolute atomic E-state index is 0.113. The van der Waals surface area contributed by atoms with E-state index in [1.165, 1.54) is 5.48 Å². The van der Waals surface area contributed by atoms with Gasteiger partial charge in [-0.3, -0.25) is 19.8 Å². The van der Waals surface area contributed by atoms with Gasteiger partial charge in [-0.25, -0.2) is 5.48 Å². The van der Waals surface area contributed by atoms with Gasteiger partial charge in [0.25, 0.3) is 5.91 Å². The normalized spacial score (nSPS) is 11.7. The highest BCUT2D eigenvalue weighted by molar-refractivity contribution is 5.82. The summed E-state index contributed by atoms with van der Waals surface area (Å²) < 4.78 is 0. The van der Waals surface area contributed by atoms with E-state index in [0.29, 0.717) is 6.54 Å². The van der Waals surface area contributed by atoms with E-state index < -0.39 is 11.9 Å². The van der Waals surface area contributed by atoms with Crippen molar-refractivity contribution in [3.63, 3.8) is 0 Å². The number of hydrogen-bond donors (Lipinski definition) is 4. The first kappa shape index (κ1) is 14.1. The van der Waals surface area contributed by atoms with Gasteiger partial charge in [0, 0.05) is 12.6 Å². The maximum absolute atomic E-state index is 11.4. The molecule has 98 valence electrons. The number of hydroxylamine groups is 1. The second-order valence-corrected chi connectivity index (χ2v) is 3.72. The first-order valence-electron chi connectivity index (χ1n) is 5.49. The van der Waals surface area contributed by atoms with E-state index in [-0.39, 0.29) is 18.7 Å². The average Bonchev–Trinajstić information content (AvgIpc) is 2.42. The Labute approximate surface area is 104 Å². The lowest BCUT2D eigenvalue weighted by Crippen LogP contribution is -2.39. The molecule has 1 atom stereocenters. The standard InChI is InChI=1S/C11H16N4O3/c12-9(11(17)15-18)4-5-10(16)14-7-8-3-1-2-6-13-8/h1-3,6,9,18H,4-5,7,12H2,(H,14,16)(H,15,17). The van der Waals surface area contributed by atoms with Crippen molar-refractivity contribution in [3.8, 4) is 0 Å². The van der Waals surface area contributed by atoms with Gasteiger partial charge in [0.05, 0.1) is 18.3 Å². The smallest absolute Gasteiger partial charge is 0.260 e. The molecule has 1 heterocycles. The van der Waals surface area contributed by atoms with Crippen LogP contribution in [-0.4, -0.2) is 28.0 Å². The van der Waals surface area contributed by atoms with Gasteiger partial charge >= 0.3 is 0 Å². The molecule has 0 radical (unpaired) electrons. The highest BCUT2D eigenvalue weighted by atomic mass is 16.5. The highest BCUT2D eigenvalue weighted by Gasteiger charge is 2.13. The number of hydrogen-bond acceptors (Lipinski definition) is 5. The minimum atomic E-state index is -0.893. The van der Waals surface area contributed by atoms with Crippen LogP contribution in [0.25, 0.3) is 0 Å². The Hall–Kier alpha value is -1.99. The molecule has 1 unspecified atom stereocenters. The Kier molecular flexibility index (Phi) is 5.75. The molecule has 0 saturated heterocycles. The fraction of sp³-hybridized carbons (Fsp3) is 0.364. The first-order chi connectivity index (χ1) is 8.63. The molecule has 2 amide bonds. The lowest BCUT2D eigenvalue weighted by molar-refractivity contribution is -0.130. The van der Waals surface area contributed by atoms with Crippen LogP contribution in [0.3, 0.4) is 0 Å². The zero-order valence-electron chi connectivity index (χ0n) is 9.80. The zero-order valence-corrected chi connectivity index (χ0v) is 9.80. The largest absolute Gasteiger partial charge is 0.350 e. The maximum Gasteiger partial charge on any atom is 0.260 e. The van der Waals surface area contributed by atoms with Gasteiger partial charge in [0.15, 0.2) is 0 Å². The molecule has 7 nitrogen and oxygen atoms in total. The number of aromatic nitrogens is 1. The fourth-order valence-corrected chi connectivity index (χ4v) is 1.28. The van der Waals surface area contributed by atoms with Crippen LogP contribution >= 0.6 is 0 Å². The lowest BCUT2D eigenvalue weighted by atomic mass is 10.1. The number of carbonyl (C=O) groups excluding carboxylic acids is 2. The zero-order chi connectivity index (χ0) is 13.4. The summed E-state index contributed by atoms with van der Waals surface area (Å²) in [6, 6.07) is 4.52. The van der Waals surface area contributed by atoms with Crippen LogP contribution in [0.5, 0.6) is 0 Å². The third-order valence-electron chi connectivity index (χ3n) is 2.32. The minimum Gasteiger partial charge on any atom is -0.350 e. The molecule has 0 spiro atoms. The summed E-state index contributed by atoms with van der Waals surface area (Å²) in [6.07, 6.45) is 1.92. The Balaban J connectivity index is 2.24. The molecular weight excluding hydrogens is 236 g/mol. The number of rotatable bonds is 6. The predicted molar refractivity (Wildman–Crippen MR) is 63.2 cm³/mol. The molecule has 0 aromatic carbocycles. The SMILES string of the molecule is NC(CCC(=O)NCc1ccccn1)C(=O)NO. The van der Waals surface area contributed by atoms with E-state index in [0.717, 1.165) is 5.69 Å². The van der Waals surface area contributed by atoms with Crippen molar-refractivity contribution in [2.75, 3.05) is 0 Å². The molecule has 7 heteroatoms. The van der Waals surface area contributed by atoms with Crippen LogP contribution in [0.2, 0.25) is 0 Å². The van der Waals surface area contributed by atoms with Crippen LogP contribution in [0.1, 0.15) is 18.5 Å². The van der Waals surface area contributed by atoms with Crippen LogP contribution < -0.4 is 16.5 Å². The molecule has 0 saturated carbocycles. The fourth-order valence-electron chi connectivity index (χ4n) is 1.28. The summed E-state index contributed by atoms with van der Waals surface area (Å²) in [5.74, 6) is -0.922. The third-order valence-corrected chi connectivity index (χ3v) is 2.32. The molecule has 1 aromatic heterocycles. The van der Waals surface area contributed by atoms with Crippen molar-refractivity contribution in [3.05, 3.63) is 30.1 Å². The molecule has 5 N–H and O–H groups in total. The molecule has 0 aliphatic heterocycles. The van der Waals surface area contributed by atoms with Gasteiger partial charge in [0.1, 0.15) is 0 Å². The van der Waals surface area contributed by atoms with Crippen molar-refractivity contribution >= 4 is 11.8 Å². The van der Waals surface area contributed by atoms with Gasteiger partial charge < -0.3 is 11.1 Å². The molecule has 18 heavy (non-hydrogen) atoms. The summed E-state index contributed by atoms with van der Waals surface area (Å²) in [5.41, 5.74) is 7.61. The molecular formula is C11H16N4O3. The molecule has 0 bridgehead atoms. The average molecular weight is 252 g/mol. The first-order valence-corrected chi connectivity index (χ1v) is 5.49. The summed E-state index contributed by atoms with van der Waals surface area (Å²) in [6.45, 7) is 0.334.